The van der Waals surface area contributed by atoms with Gasteiger partial charge in [0.2, 0.25) is 10.0 Å². The monoisotopic (exact) mass is 304 g/mol. The van der Waals surface area contributed by atoms with Crippen LogP contribution in [0.3, 0.4) is 0 Å². The van der Waals surface area contributed by atoms with Crippen molar-refractivity contribution in [1.29, 1.82) is 0 Å². The normalized spacial score (nSPS) is 11.7. The highest BCUT2D eigenvalue weighted by Crippen LogP contribution is 2.28. The second kappa shape index (κ2) is 5.32. The highest BCUT2D eigenvalue weighted by atomic mass is 35.5. The number of rotatable bonds is 4. The lowest BCUT2D eigenvalue weighted by molar-refractivity contribution is 0.581. The van der Waals surface area contributed by atoms with Gasteiger partial charge in [0, 0.05) is 18.9 Å². The maximum atomic E-state index is 12.1. The number of sulfonamides is 1. The van der Waals surface area contributed by atoms with E-state index in [1.165, 1.54) is 12.1 Å². The first-order chi connectivity index (χ1) is 8.50. The van der Waals surface area contributed by atoms with Crippen molar-refractivity contribution in [2.24, 2.45) is 0 Å². The van der Waals surface area contributed by atoms with Crippen LogP contribution in [0.1, 0.15) is 5.56 Å². The minimum atomic E-state index is -3.73. The molecule has 0 bridgehead atoms. The predicted octanol–water partition coefficient (Wildman–Crippen LogP) is 2.80. The third-order valence-corrected chi connectivity index (χ3v) is 4.67. The number of aromatic nitrogens is 1. The highest BCUT2D eigenvalue weighted by molar-refractivity contribution is 7.89. The van der Waals surface area contributed by atoms with E-state index < -0.39 is 10.0 Å². The van der Waals surface area contributed by atoms with Crippen molar-refractivity contribution in [2.45, 2.75) is 11.4 Å². The van der Waals surface area contributed by atoms with E-state index >= 15 is 0 Å². The largest absolute Gasteiger partial charge is 0.367 e. The average molecular weight is 305 g/mol. The van der Waals surface area contributed by atoms with Crippen LogP contribution in [-0.2, 0) is 16.6 Å². The molecule has 96 valence electrons. The lowest BCUT2D eigenvalue weighted by Gasteiger charge is -2.09. The number of nitrogens with one attached hydrogen (secondary N) is 2. The molecule has 2 aromatic rings. The smallest absolute Gasteiger partial charge is 0.243 e. The highest BCUT2D eigenvalue weighted by Gasteiger charge is 2.21. The minimum Gasteiger partial charge on any atom is -0.367 e. The third-order valence-electron chi connectivity index (χ3n) is 2.32. The fourth-order valence-electron chi connectivity index (χ4n) is 1.46. The Kier molecular flexibility index (Phi) is 3.97. The van der Waals surface area contributed by atoms with Crippen LogP contribution >= 0.6 is 23.2 Å². The maximum Gasteiger partial charge on any atom is 0.243 e. The number of hydrogen-bond acceptors (Lipinski definition) is 2. The molecular weight excluding hydrogens is 295 g/mol. The molecule has 1 heterocycles. The van der Waals surface area contributed by atoms with E-state index in [0.29, 0.717) is 0 Å². The second-order valence-electron chi connectivity index (χ2n) is 3.59. The molecule has 2 N–H and O–H groups in total. The Bertz CT molecular complexity index is 619. The van der Waals surface area contributed by atoms with Crippen molar-refractivity contribution < 1.29 is 8.42 Å². The van der Waals surface area contributed by atoms with Crippen molar-refractivity contribution in [3.05, 3.63) is 52.3 Å². The van der Waals surface area contributed by atoms with Crippen LogP contribution in [-0.4, -0.2) is 13.4 Å². The summed E-state index contributed by atoms with van der Waals surface area (Å²) < 4.78 is 26.6. The summed E-state index contributed by atoms with van der Waals surface area (Å²) in [4.78, 5) is 2.75. The molecule has 0 fully saturated rings. The molecule has 18 heavy (non-hydrogen) atoms. The Morgan fingerprint density at radius 2 is 1.83 bits per heavy atom. The molecule has 0 aliphatic rings. The quantitative estimate of drug-likeness (QED) is 0.912. The zero-order chi connectivity index (χ0) is 13.2. The molecule has 0 amide bonds. The Hall–Kier alpha value is -1.01. The number of hydrogen-bond donors (Lipinski definition) is 2. The van der Waals surface area contributed by atoms with Gasteiger partial charge in [-0.15, -0.1) is 0 Å². The molecule has 0 aliphatic heterocycles. The molecule has 7 heteroatoms. The van der Waals surface area contributed by atoms with Gasteiger partial charge in [0.05, 0.1) is 10.0 Å². The minimum absolute atomic E-state index is 0.0936. The van der Waals surface area contributed by atoms with Gasteiger partial charge in [-0.25, -0.2) is 13.1 Å². The first-order valence-corrected chi connectivity index (χ1v) is 7.30. The molecule has 1 aromatic heterocycles. The molecule has 0 aliphatic carbocycles. The summed E-state index contributed by atoms with van der Waals surface area (Å²) in [6, 6.07) is 6.34. The molecule has 2 rings (SSSR count). The van der Waals surface area contributed by atoms with Crippen molar-refractivity contribution in [3.8, 4) is 0 Å². The van der Waals surface area contributed by atoms with Crippen molar-refractivity contribution in [1.82, 2.24) is 9.71 Å². The van der Waals surface area contributed by atoms with Gasteiger partial charge in [-0.1, -0.05) is 29.3 Å². The van der Waals surface area contributed by atoms with Crippen LogP contribution in [0.4, 0.5) is 0 Å². The number of benzene rings is 1. The summed E-state index contributed by atoms with van der Waals surface area (Å²) in [5.74, 6) is 0. The van der Waals surface area contributed by atoms with Crippen LogP contribution in [0.25, 0.3) is 0 Å². The molecule has 1 aromatic carbocycles. The van der Waals surface area contributed by atoms with E-state index in [4.69, 9.17) is 23.2 Å². The lowest BCUT2D eigenvalue weighted by atomic mass is 10.4. The second-order valence-corrected chi connectivity index (χ2v) is 6.11. The van der Waals surface area contributed by atoms with Gasteiger partial charge < -0.3 is 4.98 Å². The Balaban J connectivity index is 2.26. The van der Waals surface area contributed by atoms with Gasteiger partial charge in [-0.05, 0) is 23.8 Å². The van der Waals surface area contributed by atoms with Crippen molar-refractivity contribution >= 4 is 33.2 Å². The first-order valence-electron chi connectivity index (χ1n) is 5.06. The Morgan fingerprint density at radius 1 is 1.17 bits per heavy atom. The van der Waals surface area contributed by atoms with Crippen LogP contribution < -0.4 is 4.72 Å². The summed E-state index contributed by atoms with van der Waals surface area (Å²) >= 11 is 11.7. The van der Waals surface area contributed by atoms with Gasteiger partial charge in [0.15, 0.2) is 0 Å². The molecule has 0 atom stereocenters. The summed E-state index contributed by atoms with van der Waals surface area (Å²) in [5.41, 5.74) is 0.821. The van der Waals surface area contributed by atoms with Crippen molar-refractivity contribution in [2.75, 3.05) is 0 Å². The van der Waals surface area contributed by atoms with Crippen LogP contribution in [0.5, 0.6) is 0 Å². The summed E-state index contributed by atoms with van der Waals surface area (Å²) in [6.07, 6.45) is 3.42. The number of H-pyrrole nitrogens is 1. The third kappa shape index (κ3) is 2.87. The Labute approximate surface area is 115 Å². The predicted molar refractivity (Wildman–Crippen MR) is 71.3 cm³/mol. The molecule has 0 saturated carbocycles. The van der Waals surface area contributed by atoms with E-state index in [1.807, 2.05) is 0 Å². The van der Waals surface area contributed by atoms with Gasteiger partial charge in [0.1, 0.15) is 4.90 Å². The zero-order valence-electron chi connectivity index (χ0n) is 9.15. The van der Waals surface area contributed by atoms with Crippen LogP contribution in [0.15, 0.2) is 41.6 Å². The number of aromatic amines is 1. The summed E-state index contributed by atoms with van der Waals surface area (Å²) in [5, 5.41) is 0.202. The standard InChI is InChI=1S/C11H10Cl2N2O2S/c12-9-2-1-3-10(13)11(9)18(16,17)15-7-8-4-5-14-6-8/h1-6,14-15H,7H2. The van der Waals surface area contributed by atoms with E-state index in [2.05, 4.69) is 9.71 Å². The topological polar surface area (TPSA) is 62.0 Å². The van der Waals surface area contributed by atoms with E-state index in [9.17, 15) is 8.42 Å². The van der Waals surface area contributed by atoms with Gasteiger partial charge in [0.25, 0.3) is 0 Å². The van der Waals surface area contributed by atoms with Gasteiger partial charge in [-0.3, -0.25) is 0 Å². The van der Waals surface area contributed by atoms with Gasteiger partial charge in [-0.2, -0.15) is 0 Å². The summed E-state index contributed by atoms with van der Waals surface area (Å²) in [6.45, 7) is 0.174. The van der Waals surface area contributed by atoms with E-state index in [1.54, 1.807) is 24.5 Å². The van der Waals surface area contributed by atoms with E-state index in [-0.39, 0.29) is 21.5 Å². The molecular formula is C11H10Cl2N2O2S. The SMILES string of the molecule is O=S(=O)(NCc1cc[nH]c1)c1c(Cl)cccc1Cl. The number of halogens is 2. The van der Waals surface area contributed by atoms with E-state index in [0.717, 1.165) is 5.56 Å². The van der Waals surface area contributed by atoms with Crippen molar-refractivity contribution in [3.63, 3.8) is 0 Å². The molecule has 0 radical (unpaired) electrons. The lowest BCUT2D eigenvalue weighted by Crippen LogP contribution is -2.23. The molecule has 4 nitrogen and oxygen atoms in total. The zero-order valence-corrected chi connectivity index (χ0v) is 11.5. The van der Waals surface area contributed by atoms with Crippen LogP contribution in [0.2, 0.25) is 10.0 Å². The molecule has 0 saturated heterocycles. The maximum absolute atomic E-state index is 12.1. The van der Waals surface area contributed by atoms with Crippen LogP contribution in [0, 0.1) is 0 Å². The molecule has 0 spiro atoms. The molecule has 0 unspecified atom stereocenters. The van der Waals surface area contributed by atoms with Gasteiger partial charge >= 0.3 is 0 Å². The first kappa shape index (κ1) is 13.4. The Morgan fingerprint density at radius 3 is 2.39 bits per heavy atom. The average Bonchev–Trinajstić information content (AvgIpc) is 2.78. The fraction of sp³-hybridized carbons (Fsp3) is 0.0909. The fourth-order valence-corrected chi connectivity index (χ4v) is 3.62. The summed E-state index contributed by atoms with van der Waals surface area (Å²) in [7, 11) is -3.73.